The number of hydrogen-bond donors (Lipinski definition) is 2. The minimum Gasteiger partial charge on any atom is -0.508 e. The van der Waals surface area contributed by atoms with Crippen LogP contribution in [0.1, 0.15) is 64.2 Å². The summed E-state index contributed by atoms with van der Waals surface area (Å²) in [6.45, 7) is 0. The van der Waals surface area contributed by atoms with Crippen molar-refractivity contribution in [3.05, 3.63) is 88.4 Å². The summed E-state index contributed by atoms with van der Waals surface area (Å²) in [5.74, 6) is 1.47. The van der Waals surface area contributed by atoms with Crippen LogP contribution in [0.5, 0.6) is 11.6 Å². The van der Waals surface area contributed by atoms with Crippen LogP contribution in [0.3, 0.4) is 0 Å². The van der Waals surface area contributed by atoms with Gasteiger partial charge in [0, 0.05) is 25.5 Å². The Kier molecular flexibility index (Phi) is 5.82. The Hall–Kier alpha value is -3.67. The third-order valence-electron chi connectivity index (χ3n) is 6.31. The first-order chi connectivity index (χ1) is 16.1. The van der Waals surface area contributed by atoms with Crippen LogP contribution in [-0.2, 0) is 12.8 Å². The summed E-state index contributed by atoms with van der Waals surface area (Å²) in [5, 5.41) is 12.6. The van der Waals surface area contributed by atoms with E-state index < -0.39 is 0 Å². The summed E-state index contributed by atoms with van der Waals surface area (Å²) in [7, 11) is 1.62. The highest BCUT2D eigenvalue weighted by atomic mass is 16.5. The molecule has 0 aliphatic heterocycles. The third kappa shape index (κ3) is 4.46. The first-order valence-corrected chi connectivity index (χ1v) is 11.5. The van der Waals surface area contributed by atoms with Crippen molar-refractivity contribution in [2.45, 2.75) is 44.6 Å². The number of benzene rings is 2. The first-order valence-electron chi connectivity index (χ1n) is 11.5. The van der Waals surface area contributed by atoms with E-state index in [1.54, 1.807) is 19.2 Å². The van der Waals surface area contributed by atoms with Gasteiger partial charge in [-0.2, -0.15) is 4.98 Å². The van der Waals surface area contributed by atoms with E-state index in [1.165, 1.54) is 12.8 Å². The Bertz CT molecular complexity index is 1210. The standard InChI is InChI=1S/C27H27N3O3/c1-28-26(32)18-11-9-17(10-12-18)15-24-29-23-14-13-22(19-5-4-6-20(31)16-19)25(23)27(30-24)33-21-7-2-3-8-21/h4-6,9-13,16,21,31H,2-3,7-8,14-15H2,1H3,(H,28,32). The lowest BCUT2D eigenvalue weighted by Gasteiger charge is -2.18. The maximum atomic E-state index is 11.8. The number of hydrogen-bond acceptors (Lipinski definition) is 5. The molecule has 1 saturated carbocycles. The fourth-order valence-corrected chi connectivity index (χ4v) is 4.62. The number of carbonyl (C=O) groups is 1. The topological polar surface area (TPSA) is 84.3 Å². The summed E-state index contributed by atoms with van der Waals surface area (Å²) in [6, 6.07) is 14.8. The highest BCUT2D eigenvalue weighted by molar-refractivity contribution is 5.94. The van der Waals surface area contributed by atoms with Gasteiger partial charge in [-0.15, -0.1) is 0 Å². The predicted octanol–water partition coefficient (Wildman–Crippen LogP) is 4.44. The number of phenols is 1. The van der Waals surface area contributed by atoms with Crippen molar-refractivity contribution in [2.75, 3.05) is 7.05 Å². The zero-order valence-corrected chi connectivity index (χ0v) is 18.7. The molecule has 3 aromatic rings. The smallest absolute Gasteiger partial charge is 0.251 e. The Balaban J connectivity index is 1.48. The van der Waals surface area contributed by atoms with Crippen LogP contribution in [0.4, 0.5) is 0 Å². The monoisotopic (exact) mass is 441 g/mol. The molecule has 2 N–H and O–H groups in total. The van der Waals surface area contributed by atoms with Gasteiger partial charge in [0.2, 0.25) is 5.88 Å². The van der Waals surface area contributed by atoms with E-state index in [4.69, 9.17) is 14.7 Å². The molecule has 1 aromatic heterocycles. The van der Waals surface area contributed by atoms with Crippen molar-refractivity contribution in [1.82, 2.24) is 15.3 Å². The van der Waals surface area contributed by atoms with Crippen LogP contribution in [0.2, 0.25) is 0 Å². The van der Waals surface area contributed by atoms with E-state index in [9.17, 15) is 9.90 Å². The molecule has 0 bridgehead atoms. The van der Waals surface area contributed by atoms with Gasteiger partial charge >= 0.3 is 0 Å². The van der Waals surface area contributed by atoms with Gasteiger partial charge < -0.3 is 15.2 Å². The number of ether oxygens (including phenoxy) is 1. The third-order valence-corrected chi connectivity index (χ3v) is 6.31. The van der Waals surface area contributed by atoms with E-state index in [0.717, 1.165) is 40.8 Å². The second kappa shape index (κ2) is 9.06. The number of nitrogens with one attached hydrogen (secondary N) is 1. The zero-order chi connectivity index (χ0) is 22.8. The molecule has 1 amide bonds. The number of nitrogens with zero attached hydrogens (tertiary/aromatic N) is 2. The van der Waals surface area contributed by atoms with Crippen molar-refractivity contribution >= 4 is 11.5 Å². The number of aromatic hydroxyl groups is 1. The van der Waals surface area contributed by atoms with Crippen LogP contribution in [0.15, 0.2) is 54.6 Å². The van der Waals surface area contributed by atoms with E-state index in [2.05, 4.69) is 11.4 Å². The van der Waals surface area contributed by atoms with Crippen LogP contribution in [0, 0.1) is 0 Å². The summed E-state index contributed by atoms with van der Waals surface area (Å²) in [5.41, 5.74) is 5.50. The number of rotatable bonds is 6. The van der Waals surface area contributed by atoms with E-state index in [0.29, 0.717) is 30.1 Å². The molecule has 1 fully saturated rings. The number of fused-ring (bicyclic) bond motifs is 1. The second-order valence-electron chi connectivity index (χ2n) is 8.62. The van der Waals surface area contributed by atoms with Gasteiger partial charge in [0.15, 0.2) is 0 Å². The van der Waals surface area contributed by atoms with Crippen LogP contribution >= 0.6 is 0 Å². The number of phenolic OH excluding ortho intramolecular Hbond substituents is 1. The number of aromatic nitrogens is 2. The average Bonchev–Trinajstić information content (AvgIpc) is 3.49. The molecule has 168 valence electrons. The summed E-state index contributed by atoms with van der Waals surface area (Å²) >= 11 is 0. The fraction of sp³-hybridized carbons (Fsp3) is 0.296. The van der Waals surface area contributed by atoms with E-state index >= 15 is 0 Å². The minimum absolute atomic E-state index is 0.104. The molecule has 6 nitrogen and oxygen atoms in total. The van der Waals surface area contributed by atoms with Gasteiger partial charge in [-0.3, -0.25) is 4.79 Å². The van der Waals surface area contributed by atoms with E-state index in [1.807, 2.05) is 36.4 Å². The second-order valence-corrected chi connectivity index (χ2v) is 8.62. The highest BCUT2D eigenvalue weighted by Crippen LogP contribution is 2.39. The van der Waals surface area contributed by atoms with Crippen LogP contribution < -0.4 is 10.1 Å². The largest absolute Gasteiger partial charge is 0.508 e. The Morgan fingerprint density at radius 3 is 2.64 bits per heavy atom. The lowest BCUT2D eigenvalue weighted by molar-refractivity contribution is 0.0963. The predicted molar refractivity (Wildman–Crippen MR) is 126 cm³/mol. The van der Waals surface area contributed by atoms with E-state index in [-0.39, 0.29) is 17.8 Å². The molecule has 0 atom stereocenters. The number of amides is 1. The molecule has 6 heteroatoms. The number of allylic oxidation sites excluding steroid dienone is 1. The minimum atomic E-state index is -0.104. The summed E-state index contributed by atoms with van der Waals surface area (Å²) in [6.07, 6.45) is 8.01. The van der Waals surface area contributed by atoms with Gasteiger partial charge in [0.25, 0.3) is 5.91 Å². The molecule has 2 aromatic carbocycles. The Labute approximate surface area is 193 Å². The normalized spacial score (nSPS) is 15.2. The van der Waals surface area contributed by atoms with Gasteiger partial charge in [-0.25, -0.2) is 4.98 Å². The molecule has 0 saturated heterocycles. The van der Waals surface area contributed by atoms with Crippen LogP contribution in [0.25, 0.3) is 5.57 Å². The maximum Gasteiger partial charge on any atom is 0.251 e. The highest BCUT2D eigenvalue weighted by Gasteiger charge is 2.27. The molecule has 33 heavy (non-hydrogen) atoms. The van der Waals surface area contributed by atoms with Gasteiger partial charge in [0.1, 0.15) is 17.7 Å². The van der Waals surface area contributed by atoms with Gasteiger partial charge in [0.05, 0.1) is 11.3 Å². The Morgan fingerprint density at radius 1 is 1.12 bits per heavy atom. The van der Waals surface area contributed by atoms with Crippen molar-refractivity contribution in [3.63, 3.8) is 0 Å². The van der Waals surface area contributed by atoms with Crippen molar-refractivity contribution in [3.8, 4) is 11.6 Å². The number of carbonyl (C=O) groups excluding carboxylic acids is 1. The molecular formula is C27H27N3O3. The summed E-state index contributed by atoms with van der Waals surface area (Å²) < 4.78 is 6.44. The van der Waals surface area contributed by atoms with Gasteiger partial charge in [-0.1, -0.05) is 30.3 Å². The lowest BCUT2D eigenvalue weighted by Crippen LogP contribution is -2.17. The molecule has 0 radical (unpaired) electrons. The molecular weight excluding hydrogens is 414 g/mol. The average molecular weight is 442 g/mol. The quantitative estimate of drug-likeness (QED) is 0.591. The fourth-order valence-electron chi connectivity index (χ4n) is 4.62. The zero-order valence-electron chi connectivity index (χ0n) is 18.7. The SMILES string of the molecule is CNC(=O)c1ccc(Cc2nc3c(c(OC4CCCC4)n2)C(c2cccc(O)c2)=CC3)cc1. The maximum absolute atomic E-state index is 11.8. The molecule has 2 aliphatic rings. The molecule has 0 spiro atoms. The molecule has 2 aliphatic carbocycles. The van der Waals surface area contributed by atoms with Crippen LogP contribution in [-0.4, -0.2) is 34.1 Å². The lowest BCUT2D eigenvalue weighted by atomic mass is 10.0. The van der Waals surface area contributed by atoms with Crippen molar-refractivity contribution in [2.24, 2.45) is 0 Å². The summed E-state index contributed by atoms with van der Waals surface area (Å²) in [4.78, 5) is 21.5. The van der Waals surface area contributed by atoms with Gasteiger partial charge in [-0.05, 0) is 66.6 Å². The van der Waals surface area contributed by atoms with Crippen molar-refractivity contribution in [1.29, 1.82) is 0 Å². The first kappa shape index (κ1) is 21.2. The van der Waals surface area contributed by atoms with Crippen molar-refractivity contribution < 1.29 is 14.6 Å². The Morgan fingerprint density at radius 2 is 1.91 bits per heavy atom. The molecule has 5 rings (SSSR count). The molecule has 1 heterocycles. The molecule has 0 unspecified atom stereocenters.